The highest BCUT2D eigenvalue weighted by atomic mass is 16.6. The molecule has 0 saturated heterocycles. The Kier molecular flexibility index (Phi) is 4.78. The van der Waals surface area contributed by atoms with Gasteiger partial charge in [-0.1, -0.05) is 12.2 Å². The number of nitrogens with zero attached hydrogens (tertiary/aromatic N) is 1. The lowest BCUT2D eigenvalue weighted by atomic mass is 10.1. The minimum absolute atomic E-state index is 0.287. The van der Waals surface area contributed by atoms with E-state index in [0.29, 0.717) is 12.3 Å². The summed E-state index contributed by atoms with van der Waals surface area (Å²) in [5, 5.41) is 0. The van der Waals surface area contributed by atoms with Gasteiger partial charge < -0.3 is 14.4 Å². The molecular formula is C18H23NO4. The van der Waals surface area contributed by atoms with Crippen LogP contribution in [0.3, 0.4) is 0 Å². The molecule has 1 unspecified atom stereocenters. The first kappa shape index (κ1) is 17.1. The van der Waals surface area contributed by atoms with E-state index in [4.69, 9.17) is 9.47 Å². The molecule has 0 N–H and O–H groups in total. The van der Waals surface area contributed by atoms with E-state index >= 15 is 0 Å². The van der Waals surface area contributed by atoms with Crippen LogP contribution in [0.4, 0.5) is 5.69 Å². The average Bonchev–Trinajstić information content (AvgIpc) is 2.60. The lowest BCUT2D eigenvalue weighted by Gasteiger charge is -2.26. The molecule has 0 radical (unpaired) electrons. The Hall–Kier alpha value is -2.30. The van der Waals surface area contributed by atoms with E-state index in [1.807, 2.05) is 19.1 Å². The highest BCUT2D eigenvalue weighted by Crippen LogP contribution is 2.32. The van der Waals surface area contributed by atoms with Crippen LogP contribution in [0, 0.1) is 5.92 Å². The Morgan fingerprint density at radius 2 is 2.00 bits per heavy atom. The van der Waals surface area contributed by atoms with Gasteiger partial charge in [0.05, 0.1) is 12.8 Å². The molecule has 0 aromatic heterocycles. The number of hydrogen-bond acceptors (Lipinski definition) is 4. The zero-order valence-electron chi connectivity index (χ0n) is 14.3. The van der Waals surface area contributed by atoms with E-state index in [9.17, 15) is 9.59 Å². The quantitative estimate of drug-likeness (QED) is 0.635. The van der Waals surface area contributed by atoms with Crippen molar-refractivity contribution in [1.82, 2.24) is 0 Å². The average molecular weight is 317 g/mol. The number of carbonyl (C=O) groups is 2. The van der Waals surface area contributed by atoms with Crippen LogP contribution in [0.1, 0.15) is 33.3 Å². The topological polar surface area (TPSA) is 55.8 Å². The molecule has 0 spiro atoms. The minimum atomic E-state index is -0.937. The van der Waals surface area contributed by atoms with Crippen molar-refractivity contribution in [2.24, 2.45) is 5.92 Å². The van der Waals surface area contributed by atoms with Crippen LogP contribution < -0.4 is 9.64 Å². The molecule has 1 aromatic carbocycles. The molecule has 1 heterocycles. The second kappa shape index (κ2) is 6.44. The normalized spacial score (nSPS) is 17.5. The molecule has 1 aliphatic heterocycles. The van der Waals surface area contributed by atoms with Gasteiger partial charge in [-0.2, -0.15) is 0 Å². The summed E-state index contributed by atoms with van der Waals surface area (Å²) >= 11 is 0. The van der Waals surface area contributed by atoms with E-state index in [0.717, 1.165) is 11.3 Å². The van der Waals surface area contributed by atoms with Crippen molar-refractivity contribution in [3.63, 3.8) is 0 Å². The molecule has 1 aromatic rings. The summed E-state index contributed by atoms with van der Waals surface area (Å²) < 4.78 is 10.6. The molecule has 1 amide bonds. The van der Waals surface area contributed by atoms with E-state index < -0.39 is 17.5 Å². The molecule has 0 bridgehead atoms. The zero-order valence-corrected chi connectivity index (χ0v) is 14.3. The Balaban J connectivity index is 2.40. The van der Waals surface area contributed by atoms with Crippen molar-refractivity contribution in [2.45, 2.75) is 33.3 Å². The lowest BCUT2D eigenvalue weighted by Crippen LogP contribution is -2.40. The third kappa shape index (κ3) is 3.73. The minimum Gasteiger partial charge on any atom is -0.497 e. The van der Waals surface area contributed by atoms with Gasteiger partial charge in [0.15, 0.2) is 5.92 Å². The van der Waals surface area contributed by atoms with Crippen LogP contribution in [0.5, 0.6) is 5.75 Å². The Morgan fingerprint density at radius 1 is 1.30 bits per heavy atom. The Morgan fingerprint density at radius 3 is 2.57 bits per heavy atom. The third-order valence-corrected chi connectivity index (χ3v) is 3.51. The summed E-state index contributed by atoms with van der Waals surface area (Å²) in [7, 11) is 1.58. The molecule has 5 nitrogen and oxygen atoms in total. The number of ether oxygens (including phenoxy) is 2. The van der Waals surface area contributed by atoms with E-state index in [1.165, 1.54) is 0 Å². The second-order valence-electron chi connectivity index (χ2n) is 6.38. The van der Waals surface area contributed by atoms with E-state index in [1.54, 1.807) is 51.0 Å². The molecule has 124 valence electrons. The van der Waals surface area contributed by atoms with Gasteiger partial charge in [-0.05, 0) is 45.4 Å². The fourth-order valence-electron chi connectivity index (χ4n) is 2.46. The first-order valence-electron chi connectivity index (χ1n) is 7.67. The third-order valence-electron chi connectivity index (χ3n) is 3.51. The van der Waals surface area contributed by atoms with Crippen LogP contribution in [-0.4, -0.2) is 31.1 Å². The van der Waals surface area contributed by atoms with Crippen LogP contribution in [0.2, 0.25) is 0 Å². The zero-order chi connectivity index (χ0) is 17.2. The molecule has 2 rings (SSSR count). The summed E-state index contributed by atoms with van der Waals surface area (Å²) in [5.74, 6) is -1.09. The maximum absolute atomic E-state index is 12.8. The van der Waals surface area contributed by atoms with Gasteiger partial charge in [0.1, 0.15) is 11.4 Å². The number of amides is 1. The van der Waals surface area contributed by atoms with Gasteiger partial charge in [-0.25, -0.2) is 0 Å². The van der Waals surface area contributed by atoms with E-state index in [-0.39, 0.29) is 5.91 Å². The van der Waals surface area contributed by atoms with Gasteiger partial charge in [-0.15, -0.1) is 0 Å². The molecule has 5 heteroatoms. The largest absolute Gasteiger partial charge is 0.497 e. The van der Waals surface area contributed by atoms with Crippen molar-refractivity contribution in [1.29, 1.82) is 0 Å². The van der Waals surface area contributed by atoms with Gasteiger partial charge in [-0.3, -0.25) is 9.59 Å². The number of methoxy groups -OCH3 is 1. The number of esters is 1. The molecule has 0 aliphatic carbocycles. The monoisotopic (exact) mass is 317 g/mol. The molecule has 1 aliphatic rings. The van der Waals surface area contributed by atoms with Crippen LogP contribution in [-0.2, 0) is 14.3 Å². The number of hydrogen-bond donors (Lipinski definition) is 0. The summed E-state index contributed by atoms with van der Waals surface area (Å²) in [5.41, 5.74) is 0.969. The van der Waals surface area contributed by atoms with Gasteiger partial charge >= 0.3 is 5.97 Å². The van der Waals surface area contributed by atoms with Crippen molar-refractivity contribution < 1.29 is 19.1 Å². The number of fused-ring (bicyclic) bond motifs is 1. The molecule has 0 fully saturated rings. The first-order chi connectivity index (χ1) is 10.8. The molecule has 0 saturated carbocycles. The predicted molar refractivity (Wildman–Crippen MR) is 89.4 cm³/mol. The van der Waals surface area contributed by atoms with Crippen LogP contribution in [0.25, 0.3) is 6.08 Å². The molecule has 1 atom stereocenters. The maximum Gasteiger partial charge on any atom is 0.322 e. The summed E-state index contributed by atoms with van der Waals surface area (Å²) in [6, 6.07) is 5.51. The smallest absolute Gasteiger partial charge is 0.322 e. The number of benzene rings is 1. The van der Waals surface area contributed by atoms with Gasteiger partial charge in [0, 0.05) is 12.6 Å². The highest BCUT2D eigenvalue weighted by molar-refractivity contribution is 6.10. The lowest BCUT2D eigenvalue weighted by molar-refractivity contribution is -0.159. The SMILES string of the molecule is CCN1C(=O)C(C(=O)OC(C)(C)C)C=Cc2ccc(OC)cc21. The summed E-state index contributed by atoms with van der Waals surface area (Å²) in [6.45, 7) is 7.69. The molecular weight excluding hydrogens is 294 g/mol. The van der Waals surface area contributed by atoms with Crippen molar-refractivity contribution in [2.75, 3.05) is 18.6 Å². The number of carbonyl (C=O) groups excluding carboxylic acids is 2. The maximum atomic E-state index is 12.8. The van der Waals surface area contributed by atoms with Crippen molar-refractivity contribution in [3.05, 3.63) is 29.8 Å². The fourth-order valence-corrected chi connectivity index (χ4v) is 2.46. The van der Waals surface area contributed by atoms with Crippen LogP contribution >= 0.6 is 0 Å². The predicted octanol–water partition coefficient (Wildman–Crippen LogP) is 3.03. The number of anilines is 1. The molecule has 23 heavy (non-hydrogen) atoms. The Bertz CT molecular complexity index is 643. The number of rotatable bonds is 3. The Labute approximate surface area is 136 Å². The first-order valence-corrected chi connectivity index (χ1v) is 7.67. The standard InChI is InChI=1S/C18H23NO4/c1-6-19-15-11-13(22-5)9-7-12(15)8-10-14(16(19)20)17(21)23-18(2,3)4/h7-11,14H,6H2,1-5H3. The van der Waals surface area contributed by atoms with E-state index in [2.05, 4.69) is 0 Å². The van der Waals surface area contributed by atoms with Crippen molar-refractivity contribution >= 4 is 23.6 Å². The van der Waals surface area contributed by atoms with Gasteiger partial charge in [0.2, 0.25) is 5.91 Å². The second-order valence-corrected chi connectivity index (χ2v) is 6.38. The summed E-state index contributed by atoms with van der Waals surface area (Å²) in [4.78, 5) is 26.8. The summed E-state index contributed by atoms with van der Waals surface area (Å²) in [6.07, 6.45) is 3.40. The van der Waals surface area contributed by atoms with Gasteiger partial charge in [0.25, 0.3) is 0 Å². The van der Waals surface area contributed by atoms with Crippen molar-refractivity contribution in [3.8, 4) is 5.75 Å². The highest BCUT2D eigenvalue weighted by Gasteiger charge is 2.34. The van der Waals surface area contributed by atoms with Crippen LogP contribution in [0.15, 0.2) is 24.3 Å². The fraction of sp³-hybridized carbons (Fsp3) is 0.444.